The Hall–Kier alpha value is -1.56. The fourth-order valence-electron chi connectivity index (χ4n) is 2.98. The molecule has 3 rings (SSSR count). The van der Waals surface area contributed by atoms with Crippen LogP contribution in [0.5, 0.6) is 0 Å². The summed E-state index contributed by atoms with van der Waals surface area (Å²) in [5.41, 5.74) is 4.58. The molecule has 2 aromatic carbocycles. The van der Waals surface area contributed by atoms with Crippen molar-refractivity contribution in [2.75, 3.05) is 0 Å². The molecule has 0 atom stereocenters. The Balaban J connectivity index is 2.30. The molecule has 0 saturated carbocycles. The van der Waals surface area contributed by atoms with Crippen LogP contribution in [0, 0.1) is 5.92 Å². The second kappa shape index (κ2) is 4.61. The molecular weight excluding hydrogens is 216 g/mol. The number of hydrogen-bond acceptors (Lipinski definition) is 0. The summed E-state index contributed by atoms with van der Waals surface area (Å²) in [6.45, 7) is 4.61. The number of fused-ring (bicyclic) bond motifs is 2. The van der Waals surface area contributed by atoms with Crippen LogP contribution in [0.15, 0.2) is 36.4 Å². The molecule has 0 saturated heterocycles. The molecule has 0 nitrogen and oxygen atoms in total. The SMILES string of the molecule is CC(C)Cc1c2c(cc3ccccc13)CCC=C2. The third kappa shape index (κ3) is 1.96. The Morgan fingerprint density at radius 1 is 1.17 bits per heavy atom. The van der Waals surface area contributed by atoms with Crippen LogP contribution < -0.4 is 0 Å². The second-order valence-electron chi connectivity index (χ2n) is 5.69. The van der Waals surface area contributed by atoms with Gasteiger partial charge in [-0.25, -0.2) is 0 Å². The molecule has 0 fully saturated rings. The molecule has 0 heteroatoms. The Morgan fingerprint density at radius 2 is 2.00 bits per heavy atom. The first-order valence-electron chi connectivity index (χ1n) is 6.96. The highest BCUT2D eigenvalue weighted by atomic mass is 14.2. The van der Waals surface area contributed by atoms with Gasteiger partial charge in [-0.05, 0) is 52.6 Å². The minimum Gasteiger partial charge on any atom is -0.0836 e. The molecule has 0 amide bonds. The van der Waals surface area contributed by atoms with E-state index >= 15 is 0 Å². The lowest BCUT2D eigenvalue weighted by atomic mass is 9.85. The average Bonchev–Trinajstić information content (AvgIpc) is 2.38. The Kier molecular flexibility index (Phi) is 2.95. The van der Waals surface area contributed by atoms with Gasteiger partial charge in [0.05, 0.1) is 0 Å². The minimum atomic E-state index is 0.704. The average molecular weight is 236 g/mol. The molecule has 0 aliphatic heterocycles. The maximum absolute atomic E-state index is 2.39. The van der Waals surface area contributed by atoms with Crippen LogP contribution in [-0.2, 0) is 12.8 Å². The largest absolute Gasteiger partial charge is 0.0836 e. The summed E-state index contributed by atoms with van der Waals surface area (Å²) >= 11 is 0. The van der Waals surface area contributed by atoms with E-state index in [2.05, 4.69) is 56.3 Å². The van der Waals surface area contributed by atoms with Gasteiger partial charge < -0.3 is 0 Å². The van der Waals surface area contributed by atoms with Crippen molar-refractivity contribution in [3.63, 3.8) is 0 Å². The number of aryl methyl sites for hydroxylation is 1. The fraction of sp³-hybridized carbons (Fsp3) is 0.333. The molecular formula is C18H20. The second-order valence-corrected chi connectivity index (χ2v) is 5.69. The van der Waals surface area contributed by atoms with E-state index in [0.29, 0.717) is 5.92 Å². The Bertz CT molecular complexity index is 603. The van der Waals surface area contributed by atoms with Crippen molar-refractivity contribution >= 4 is 16.8 Å². The van der Waals surface area contributed by atoms with Gasteiger partial charge in [0.1, 0.15) is 0 Å². The summed E-state index contributed by atoms with van der Waals surface area (Å²) in [5.74, 6) is 0.704. The van der Waals surface area contributed by atoms with Gasteiger partial charge in [-0.15, -0.1) is 0 Å². The van der Waals surface area contributed by atoms with Gasteiger partial charge >= 0.3 is 0 Å². The van der Waals surface area contributed by atoms with Crippen LogP contribution in [0.1, 0.15) is 37.0 Å². The van der Waals surface area contributed by atoms with Crippen LogP contribution in [0.25, 0.3) is 16.8 Å². The summed E-state index contributed by atoms with van der Waals surface area (Å²) in [7, 11) is 0. The monoisotopic (exact) mass is 236 g/mol. The highest BCUT2D eigenvalue weighted by molar-refractivity contribution is 5.90. The molecule has 0 bridgehead atoms. The quantitative estimate of drug-likeness (QED) is 0.688. The molecule has 92 valence electrons. The van der Waals surface area contributed by atoms with Gasteiger partial charge in [-0.3, -0.25) is 0 Å². The van der Waals surface area contributed by atoms with E-state index < -0.39 is 0 Å². The maximum atomic E-state index is 2.39. The lowest BCUT2D eigenvalue weighted by Gasteiger charge is -2.19. The summed E-state index contributed by atoms with van der Waals surface area (Å²) in [6.07, 6.45) is 8.21. The molecule has 18 heavy (non-hydrogen) atoms. The van der Waals surface area contributed by atoms with E-state index in [0.717, 1.165) is 0 Å². The third-order valence-electron chi connectivity index (χ3n) is 3.76. The van der Waals surface area contributed by atoms with Crippen molar-refractivity contribution in [2.24, 2.45) is 5.92 Å². The molecule has 0 spiro atoms. The van der Waals surface area contributed by atoms with Crippen molar-refractivity contribution in [2.45, 2.75) is 33.1 Å². The minimum absolute atomic E-state index is 0.704. The van der Waals surface area contributed by atoms with Crippen molar-refractivity contribution in [1.82, 2.24) is 0 Å². The Labute approximate surface area is 109 Å². The first-order chi connectivity index (χ1) is 8.75. The van der Waals surface area contributed by atoms with Crippen LogP contribution in [-0.4, -0.2) is 0 Å². The van der Waals surface area contributed by atoms with Gasteiger partial charge in [0.25, 0.3) is 0 Å². The van der Waals surface area contributed by atoms with Gasteiger partial charge in [0.2, 0.25) is 0 Å². The van der Waals surface area contributed by atoms with Crippen LogP contribution >= 0.6 is 0 Å². The first kappa shape index (κ1) is 11.5. The molecule has 1 aliphatic carbocycles. The summed E-state index contributed by atoms with van der Waals surface area (Å²) in [4.78, 5) is 0. The van der Waals surface area contributed by atoms with Crippen LogP contribution in [0.2, 0.25) is 0 Å². The fourth-order valence-corrected chi connectivity index (χ4v) is 2.98. The summed E-state index contributed by atoms with van der Waals surface area (Å²) in [5, 5.41) is 2.85. The molecule has 0 aromatic heterocycles. The van der Waals surface area contributed by atoms with Gasteiger partial charge in [0.15, 0.2) is 0 Å². The molecule has 0 unspecified atom stereocenters. The predicted molar refractivity (Wildman–Crippen MR) is 79.8 cm³/mol. The smallest absolute Gasteiger partial charge is 0.0146 e. The van der Waals surface area contributed by atoms with Crippen molar-refractivity contribution in [3.05, 3.63) is 53.1 Å². The zero-order chi connectivity index (χ0) is 12.5. The van der Waals surface area contributed by atoms with E-state index in [1.807, 2.05) is 0 Å². The van der Waals surface area contributed by atoms with Crippen LogP contribution in [0.3, 0.4) is 0 Å². The molecule has 0 radical (unpaired) electrons. The van der Waals surface area contributed by atoms with E-state index in [4.69, 9.17) is 0 Å². The van der Waals surface area contributed by atoms with Crippen LogP contribution in [0.4, 0.5) is 0 Å². The highest BCUT2D eigenvalue weighted by Gasteiger charge is 2.14. The van der Waals surface area contributed by atoms with E-state index in [1.54, 1.807) is 5.56 Å². The lowest BCUT2D eigenvalue weighted by molar-refractivity contribution is 0.648. The number of hydrogen-bond donors (Lipinski definition) is 0. The van der Waals surface area contributed by atoms with E-state index in [-0.39, 0.29) is 0 Å². The number of allylic oxidation sites excluding steroid dienone is 1. The van der Waals surface area contributed by atoms with Gasteiger partial charge in [0, 0.05) is 0 Å². The molecule has 0 N–H and O–H groups in total. The molecule has 0 heterocycles. The van der Waals surface area contributed by atoms with Crippen molar-refractivity contribution < 1.29 is 0 Å². The summed E-state index contributed by atoms with van der Waals surface area (Å²) < 4.78 is 0. The maximum Gasteiger partial charge on any atom is -0.0146 e. The van der Waals surface area contributed by atoms with Crippen molar-refractivity contribution in [1.29, 1.82) is 0 Å². The standard InChI is InChI=1S/C18H20/c1-13(2)11-18-16-9-5-3-7-14(16)12-15-8-4-6-10-17(15)18/h3,5-7,9-10,12-13H,4,8,11H2,1-2H3. The number of rotatable bonds is 2. The zero-order valence-electron chi connectivity index (χ0n) is 11.2. The Morgan fingerprint density at radius 3 is 2.83 bits per heavy atom. The van der Waals surface area contributed by atoms with Crippen molar-refractivity contribution in [3.8, 4) is 0 Å². The van der Waals surface area contributed by atoms with E-state index in [9.17, 15) is 0 Å². The molecule has 1 aliphatic rings. The first-order valence-corrected chi connectivity index (χ1v) is 6.96. The normalized spacial score (nSPS) is 14.2. The van der Waals surface area contributed by atoms with Gasteiger partial charge in [-0.1, -0.05) is 56.3 Å². The summed E-state index contributed by atoms with van der Waals surface area (Å²) in [6, 6.07) is 11.2. The lowest BCUT2D eigenvalue weighted by Crippen LogP contribution is -2.04. The van der Waals surface area contributed by atoms with Gasteiger partial charge in [-0.2, -0.15) is 0 Å². The number of benzene rings is 2. The topological polar surface area (TPSA) is 0 Å². The highest BCUT2D eigenvalue weighted by Crippen LogP contribution is 2.32. The van der Waals surface area contributed by atoms with E-state index in [1.165, 1.54) is 41.2 Å². The predicted octanol–water partition coefficient (Wildman–Crippen LogP) is 5.00. The molecule has 2 aromatic rings. The third-order valence-corrected chi connectivity index (χ3v) is 3.76. The zero-order valence-corrected chi connectivity index (χ0v) is 11.2.